The van der Waals surface area contributed by atoms with Crippen molar-refractivity contribution in [1.82, 2.24) is 0 Å². The molecule has 156 valence electrons. The topological polar surface area (TPSA) is 59.6 Å². The number of methoxy groups -OCH3 is 1. The van der Waals surface area contributed by atoms with Crippen molar-refractivity contribution in [3.63, 3.8) is 0 Å². The highest BCUT2D eigenvalue weighted by atomic mass is 79.9. The summed E-state index contributed by atoms with van der Waals surface area (Å²) in [5.74, 6) is 0.788. The van der Waals surface area contributed by atoms with Crippen LogP contribution in [0.15, 0.2) is 65.1 Å². The van der Waals surface area contributed by atoms with Crippen molar-refractivity contribution in [1.29, 1.82) is 0 Å². The van der Waals surface area contributed by atoms with Crippen LogP contribution in [0, 0.1) is 6.92 Å². The Balaban J connectivity index is 1.56. The zero-order valence-electron chi connectivity index (χ0n) is 16.7. The van der Waals surface area contributed by atoms with Crippen LogP contribution in [0.3, 0.4) is 0 Å². The van der Waals surface area contributed by atoms with E-state index in [-0.39, 0.29) is 12.5 Å². The van der Waals surface area contributed by atoms with E-state index in [9.17, 15) is 4.79 Å². The van der Waals surface area contributed by atoms with Gasteiger partial charge < -0.3 is 20.1 Å². The van der Waals surface area contributed by atoms with Crippen LogP contribution in [-0.4, -0.2) is 19.6 Å². The maximum atomic E-state index is 12.2. The van der Waals surface area contributed by atoms with E-state index < -0.39 is 0 Å². The lowest BCUT2D eigenvalue weighted by Crippen LogP contribution is -2.20. The van der Waals surface area contributed by atoms with Crippen LogP contribution in [-0.2, 0) is 11.3 Å². The average Bonchev–Trinajstić information content (AvgIpc) is 2.74. The first-order valence-corrected chi connectivity index (χ1v) is 10.5. The first-order valence-electron chi connectivity index (χ1n) is 9.30. The number of carbonyl (C=O) groups excluding carboxylic acids is 1. The van der Waals surface area contributed by atoms with Crippen LogP contribution in [0.25, 0.3) is 0 Å². The molecule has 0 aliphatic rings. The molecular formula is C23H22BrClN2O3. The van der Waals surface area contributed by atoms with E-state index in [0.29, 0.717) is 28.8 Å². The molecule has 0 saturated carbocycles. The lowest BCUT2D eigenvalue weighted by molar-refractivity contribution is -0.118. The summed E-state index contributed by atoms with van der Waals surface area (Å²) in [6.07, 6.45) is 0. The van der Waals surface area contributed by atoms with Gasteiger partial charge >= 0.3 is 0 Å². The van der Waals surface area contributed by atoms with Gasteiger partial charge in [0.25, 0.3) is 5.91 Å². The molecular weight excluding hydrogens is 468 g/mol. The Morgan fingerprint density at radius 3 is 2.43 bits per heavy atom. The van der Waals surface area contributed by atoms with Gasteiger partial charge in [0, 0.05) is 27.4 Å². The Labute approximate surface area is 189 Å². The molecule has 1 amide bonds. The maximum absolute atomic E-state index is 12.2. The molecule has 2 N–H and O–H groups in total. The van der Waals surface area contributed by atoms with E-state index in [0.717, 1.165) is 21.3 Å². The third kappa shape index (κ3) is 6.15. The molecule has 3 aromatic carbocycles. The summed E-state index contributed by atoms with van der Waals surface area (Å²) in [6.45, 7) is 2.40. The monoisotopic (exact) mass is 488 g/mol. The summed E-state index contributed by atoms with van der Waals surface area (Å²) in [4.78, 5) is 12.2. The molecule has 0 radical (unpaired) electrons. The number of nitrogens with one attached hydrogen (secondary N) is 2. The van der Waals surface area contributed by atoms with Crippen LogP contribution in [0.5, 0.6) is 11.5 Å². The van der Waals surface area contributed by atoms with E-state index in [1.165, 1.54) is 0 Å². The molecule has 0 fully saturated rings. The van der Waals surface area contributed by atoms with Crippen LogP contribution >= 0.6 is 27.5 Å². The van der Waals surface area contributed by atoms with E-state index in [1.807, 2.05) is 49.4 Å². The Morgan fingerprint density at radius 2 is 1.73 bits per heavy atom. The maximum Gasteiger partial charge on any atom is 0.262 e. The number of anilines is 2. The van der Waals surface area contributed by atoms with Crippen molar-refractivity contribution in [2.24, 2.45) is 0 Å². The van der Waals surface area contributed by atoms with Crippen molar-refractivity contribution in [3.8, 4) is 11.5 Å². The highest BCUT2D eigenvalue weighted by molar-refractivity contribution is 9.10. The second-order valence-corrected chi connectivity index (χ2v) is 7.97. The zero-order chi connectivity index (χ0) is 21.5. The number of carbonyl (C=O) groups is 1. The quantitative estimate of drug-likeness (QED) is 0.404. The van der Waals surface area contributed by atoms with E-state index >= 15 is 0 Å². The van der Waals surface area contributed by atoms with E-state index in [1.54, 1.807) is 25.3 Å². The average molecular weight is 490 g/mol. The van der Waals surface area contributed by atoms with Gasteiger partial charge in [-0.15, -0.1) is 0 Å². The van der Waals surface area contributed by atoms with Crippen molar-refractivity contribution < 1.29 is 14.3 Å². The molecule has 3 aromatic rings. The second-order valence-electron chi connectivity index (χ2n) is 6.65. The highest BCUT2D eigenvalue weighted by Crippen LogP contribution is 2.28. The summed E-state index contributed by atoms with van der Waals surface area (Å²) in [5.41, 5.74) is 3.62. The van der Waals surface area contributed by atoms with Gasteiger partial charge in [0.1, 0.15) is 0 Å². The molecule has 30 heavy (non-hydrogen) atoms. The van der Waals surface area contributed by atoms with Crippen LogP contribution in [0.4, 0.5) is 11.4 Å². The van der Waals surface area contributed by atoms with Crippen molar-refractivity contribution in [3.05, 3.63) is 81.3 Å². The van der Waals surface area contributed by atoms with Crippen molar-refractivity contribution in [2.45, 2.75) is 13.5 Å². The molecule has 0 aromatic heterocycles. The van der Waals surface area contributed by atoms with E-state index in [4.69, 9.17) is 21.1 Å². The number of hydrogen-bond acceptors (Lipinski definition) is 4. The SMILES string of the molecule is COc1cc(CNc2ccc(Br)cc2)ccc1OCC(=O)Nc1ccc(C)c(Cl)c1. The number of aryl methyl sites for hydroxylation is 1. The molecule has 0 aliphatic heterocycles. The fraction of sp³-hybridized carbons (Fsp3) is 0.174. The van der Waals surface area contributed by atoms with Gasteiger partial charge in [0.15, 0.2) is 18.1 Å². The predicted molar refractivity (Wildman–Crippen MR) is 125 cm³/mol. The number of ether oxygens (including phenoxy) is 2. The van der Waals surface area contributed by atoms with Gasteiger partial charge in [-0.3, -0.25) is 4.79 Å². The number of benzene rings is 3. The first-order chi connectivity index (χ1) is 14.4. The number of rotatable bonds is 8. The Hall–Kier alpha value is -2.70. The van der Waals surface area contributed by atoms with Crippen LogP contribution < -0.4 is 20.1 Å². The minimum absolute atomic E-state index is 0.141. The summed E-state index contributed by atoms with van der Waals surface area (Å²) in [5, 5.41) is 6.72. The molecule has 0 heterocycles. The van der Waals surface area contributed by atoms with Crippen molar-refractivity contribution in [2.75, 3.05) is 24.4 Å². The molecule has 0 saturated heterocycles. The molecule has 3 rings (SSSR count). The summed E-state index contributed by atoms with van der Waals surface area (Å²) >= 11 is 9.51. The van der Waals surface area contributed by atoms with Gasteiger partial charge in [-0.1, -0.05) is 39.7 Å². The molecule has 0 atom stereocenters. The number of amides is 1. The van der Waals surface area contributed by atoms with Gasteiger partial charge in [0.05, 0.1) is 7.11 Å². The lowest BCUT2D eigenvalue weighted by atomic mass is 10.2. The third-order valence-electron chi connectivity index (χ3n) is 4.38. The summed E-state index contributed by atoms with van der Waals surface area (Å²) in [7, 11) is 1.57. The number of hydrogen-bond donors (Lipinski definition) is 2. The Kier molecular flexibility index (Phi) is 7.60. The largest absolute Gasteiger partial charge is 0.493 e. The fourth-order valence-electron chi connectivity index (χ4n) is 2.72. The third-order valence-corrected chi connectivity index (χ3v) is 5.32. The zero-order valence-corrected chi connectivity index (χ0v) is 19.0. The molecule has 0 unspecified atom stereocenters. The fourth-order valence-corrected chi connectivity index (χ4v) is 3.17. The lowest BCUT2D eigenvalue weighted by Gasteiger charge is -2.13. The molecule has 0 bridgehead atoms. The van der Waals surface area contributed by atoms with Crippen LogP contribution in [0.1, 0.15) is 11.1 Å². The standard InChI is InChI=1S/C23H22BrClN2O3/c1-15-3-7-19(12-20(15)25)27-23(28)14-30-21-10-4-16(11-22(21)29-2)13-26-18-8-5-17(24)6-9-18/h3-12,26H,13-14H2,1-2H3,(H,27,28). The van der Waals surface area contributed by atoms with Gasteiger partial charge in [-0.05, 0) is 66.6 Å². The van der Waals surface area contributed by atoms with E-state index in [2.05, 4.69) is 26.6 Å². The molecule has 5 nitrogen and oxygen atoms in total. The smallest absolute Gasteiger partial charge is 0.262 e. The summed E-state index contributed by atoms with van der Waals surface area (Å²) < 4.78 is 12.1. The Bertz CT molecular complexity index is 1030. The van der Waals surface area contributed by atoms with Crippen LogP contribution in [0.2, 0.25) is 5.02 Å². The van der Waals surface area contributed by atoms with Gasteiger partial charge in [-0.25, -0.2) is 0 Å². The molecule has 0 aliphatic carbocycles. The number of halogens is 2. The normalized spacial score (nSPS) is 10.4. The van der Waals surface area contributed by atoms with Gasteiger partial charge in [-0.2, -0.15) is 0 Å². The van der Waals surface area contributed by atoms with Crippen molar-refractivity contribution >= 4 is 44.8 Å². The minimum atomic E-state index is -0.280. The highest BCUT2D eigenvalue weighted by Gasteiger charge is 2.10. The second kappa shape index (κ2) is 10.4. The molecule has 7 heteroatoms. The van der Waals surface area contributed by atoms with Gasteiger partial charge in [0.2, 0.25) is 0 Å². The first kappa shape index (κ1) is 22.0. The predicted octanol–water partition coefficient (Wildman–Crippen LogP) is 6.05. The minimum Gasteiger partial charge on any atom is -0.493 e. The Morgan fingerprint density at radius 1 is 1.00 bits per heavy atom. The molecule has 0 spiro atoms. The summed E-state index contributed by atoms with van der Waals surface area (Å²) in [6, 6.07) is 18.9.